The van der Waals surface area contributed by atoms with Crippen molar-refractivity contribution in [2.45, 2.75) is 55.4 Å². The van der Waals surface area contributed by atoms with E-state index in [0.717, 1.165) is 63.2 Å². The molecular weight excluding hydrogens is 520 g/mol. The summed E-state index contributed by atoms with van der Waals surface area (Å²) < 4.78 is 6.72. The molecule has 3 aliphatic heterocycles. The van der Waals surface area contributed by atoms with Crippen molar-refractivity contribution in [2.24, 2.45) is 11.7 Å². The van der Waals surface area contributed by atoms with E-state index in [0.29, 0.717) is 23.1 Å². The number of benzene rings is 2. The van der Waals surface area contributed by atoms with Gasteiger partial charge in [0.15, 0.2) is 12.6 Å². The van der Waals surface area contributed by atoms with Gasteiger partial charge in [0.1, 0.15) is 0 Å². The van der Waals surface area contributed by atoms with Crippen LogP contribution < -0.4 is 10.6 Å². The molecule has 0 aliphatic carbocycles. The second kappa shape index (κ2) is 15.7. The molecule has 0 unspecified atom stereocenters. The summed E-state index contributed by atoms with van der Waals surface area (Å²) in [5.74, 6) is 1.39. The minimum absolute atomic E-state index is 0.374. The first-order chi connectivity index (χ1) is 19.5. The van der Waals surface area contributed by atoms with Crippen LogP contribution in [0.2, 0.25) is 0 Å². The Morgan fingerprint density at radius 2 is 1.52 bits per heavy atom. The van der Waals surface area contributed by atoms with Crippen LogP contribution in [0.3, 0.4) is 0 Å². The fourth-order valence-corrected chi connectivity index (χ4v) is 7.12. The predicted molar refractivity (Wildman–Crippen MR) is 165 cm³/mol. The van der Waals surface area contributed by atoms with Crippen molar-refractivity contribution in [2.75, 3.05) is 64.9 Å². The van der Waals surface area contributed by atoms with Crippen LogP contribution in [-0.2, 0) is 4.74 Å². The van der Waals surface area contributed by atoms with Gasteiger partial charge < -0.3 is 20.3 Å². The Balaban J connectivity index is 0.00000118. The summed E-state index contributed by atoms with van der Waals surface area (Å²) in [6.07, 6.45) is 8.55. The summed E-state index contributed by atoms with van der Waals surface area (Å²) in [5, 5.41) is 0. The average Bonchev–Trinajstić information content (AvgIpc) is 2.99. The molecule has 218 valence electrons. The van der Waals surface area contributed by atoms with Gasteiger partial charge in [0.05, 0.1) is 0 Å². The van der Waals surface area contributed by atoms with Crippen LogP contribution in [0.15, 0.2) is 47.4 Å². The Morgan fingerprint density at radius 1 is 0.850 bits per heavy atom. The van der Waals surface area contributed by atoms with E-state index in [4.69, 9.17) is 5.73 Å². The number of carbonyl (C=O) groups is 2. The fourth-order valence-electron chi connectivity index (χ4n) is 6.10. The molecule has 2 aromatic carbocycles. The molecule has 7 nitrogen and oxygen atoms in total. The number of aldehydes is 2. The van der Waals surface area contributed by atoms with E-state index in [1.165, 1.54) is 55.8 Å². The zero-order valence-electron chi connectivity index (χ0n) is 24.2. The molecule has 0 spiro atoms. The highest BCUT2D eigenvalue weighted by atomic mass is 32.2. The number of anilines is 1. The number of hydrogen-bond donors (Lipinski definition) is 1. The van der Waals surface area contributed by atoms with Crippen LogP contribution in [0, 0.1) is 5.92 Å². The fraction of sp³-hybridized carbons (Fsp3) is 0.562. The highest BCUT2D eigenvalue weighted by molar-refractivity contribution is 7.97. The topological polar surface area (TPSA) is 79.1 Å². The van der Waals surface area contributed by atoms with Crippen molar-refractivity contribution >= 4 is 30.2 Å². The van der Waals surface area contributed by atoms with Crippen LogP contribution in [0.5, 0.6) is 0 Å². The molecule has 3 saturated heterocycles. The van der Waals surface area contributed by atoms with Gasteiger partial charge in [-0.1, -0.05) is 12.1 Å². The van der Waals surface area contributed by atoms with Gasteiger partial charge in [-0.2, -0.15) is 0 Å². The predicted octanol–water partition coefficient (Wildman–Crippen LogP) is 5.10. The normalized spacial score (nSPS) is 20.1. The Labute approximate surface area is 244 Å². The highest BCUT2D eigenvalue weighted by Crippen LogP contribution is 2.33. The van der Waals surface area contributed by atoms with Gasteiger partial charge in [0, 0.05) is 74.7 Å². The first-order valence-corrected chi connectivity index (χ1v) is 15.5. The van der Waals surface area contributed by atoms with Gasteiger partial charge >= 0.3 is 0 Å². The quantitative estimate of drug-likeness (QED) is 0.349. The van der Waals surface area contributed by atoms with Gasteiger partial charge in [-0.05, 0) is 111 Å². The molecule has 0 bridgehead atoms. The molecule has 0 atom stereocenters. The maximum atomic E-state index is 11.3. The first-order valence-electron chi connectivity index (χ1n) is 14.7. The van der Waals surface area contributed by atoms with Gasteiger partial charge in [0.2, 0.25) is 0 Å². The van der Waals surface area contributed by atoms with Gasteiger partial charge in [-0.15, -0.1) is 0 Å². The monoisotopic (exact) mass is 566 g/mol. The largest absolute Gasteiger partial charge is 0.388 e. The smallest absolute Gasteiger partial charge is 0.150 e. The molecular formula is C32H46N4O3S. The number of rotatable bonds is 8. The molecule has 3 heterocycles. The Morgan fingerprint density at radius 3 is 2.17 bits per heavy atom. The highest BCUT2D eigenvalue weighted by Gasteiger charge is 2.26. The zero-order chi connectivity index (χ0) is 28.3. The molecule has 0 saturated carbocycles. The van der Waals surface area contributed by atoms with Gasteiger partial charge in [-0.25, -0.2) is 4.31 Å². The molecule has 3 aliphatic rings. The van der Waals surface area contributed by atoms with E-state index in [1.807, 2.05) is 24.1 Å². The number of carbonyl (C=O) groups excluding carboxylic acids is 2. The lowest BCUT2D eigenvalue weighted by molar-refractivity contribution is 0.109. The van der Waals surface area contributed by atoms with E-state index in [-0.39, 0.29) is 0 Å². The molecule has 8 heteroatoms. The lowest BCUT2D eigenvalue weighted by Crippen LogP contribution is -2.41. The summed E-state index contributed by atoms with van der Waals surface area (Å²) in [6, 6.07) is 15.2. The number of hydrogen-bond acceptors (Lipinski definition) is 8. The zero-order valence-corrected chi connectivity index (χ0v) is 25.0. The molecule has 0 aromatic heterocycles. The van der Waals surface area contributed by atoms with Crippen molar-refractivity contribution in [1.82, 2.24) is 9.21 Å². The van der Waals surface area contributed by atoms with E-state index in [9.17, 15) is 9.59 Å². The van der Waals surface area contributed by atoms with Crippen molar-refractivity contribution in [1.29, 1.82) is 0 Å². The third-order valence-electron chi connectivity index (χ3n) is 8.47. The lowest BCUT2D eigenvalue weighted by atomic mass is 9.88. The SMILES string of the molecule is COC.NC1CCN(Sc2cccc(C3CCN(CC4CCN(c5ccc(C=O)c(C=O)c5)CC4)CC3)c2)CC1. The Bertz CT molecular complexity index is 1080. The number of methoxy groups -OCH3 is 1. The van der Waals surface area contributed by atoms with Crippen LogP contribution in [0.25, 0.3) is 0 Å². The number of likely N-dealkylation sites (tertiary alicyclic amines) is 1. The van der Waals surface area contributed by atoms with E-state index >= 15 is 0 Å². The summed E-state index contributed by atoms with van der Waals surface area (Å²) in [4.78, 5) is 28.8. The third kappa shape index (κ3) is 8.63. The summed E-state index contributed by atoms with van der Waals surface area (Å²) in [5.41, 5.74) is 9.57. The Hall–Kier alpha value is -2.23. The first kappa shape index (κ1) is 30.7. The molecule has 0 radical (unpaired) electrons. The van der Waals surface area contributed by atoms with Crippen molar-refractivity contribution in [3.63, 3.8) is 0 Å². The molecule has 2 N–H and O–H groups in total. The minimum atomic E-state index is 0.374. The third-order valence-corrected chi connectivity index (χ3v) is 9.56. The maximum absolute atomic E-state index is 11.3. The molecule has 2 aromatic rings. The second-order valence-electron chi connectivity index (χ2n) is 11.4. The van der Waals surface area contributed by atoms with Crippen LogP contribution in [-0.4, -0.2) is 87.9 Å². The minimum Gasteiger partial charge on any atom is -0.388 e. The number of piperidine rings is 3. The molecule has 0 amide bonds. The van der Waals surface area contributed by atoms with Crippen molar-refractivity contribution < 1.29 is 14.3 Å². The standard InChI is InChI=1S/C30H40N4O2S.C2H6O/c31-28-10-16-34(17-11-28)37-30-3-1-2-25(19-30)24-8-12-32(13-9-24)20-23-6-14-33(15-7-23)29-5-4-26(21-35)27(18-29)22-36;1-3-2/h1-5,18-19,21-24,28H,6-17,20,31H2;1-2H3. The van der Waals surface area contributed by atoms with Crippen molar-refractivity contribution in [3.05, 3.63) is 59.2 Å². The number of nitrogens with zero attached hydrogens (tertiary/aromatic N) is 3. The summed E-state index contributed by atoms with van der Waals surface area (Å²) in [7, 11) is 3.25. The molecule has 3 fully saturated rings. The Kier molecular flexibility index (Phi) is 12.0. The second-order valence-corrected chi connectivity index (χ2v) is 12.6. The number of ether oxygens (including phenoxy) is 1. The summed E-state index contributed by atoms with van der Waals surface area (Å²) in [6.45, 7) is 7.74. The van der Waals surface area contributed by atoms with E-state index in [2.05, 4.69) is 43.1 Å². The van der Waals surface area contributed by atoms with Gasteiger partial charge in [0.25, 0.3) is 0 Å². The summed E-state index contributed by atoms with van der Waals surface area (Å²) >= 11 is 1.90. The lowest BCUT2D eigenvalue weighted by Gasteiger charge is -2.38. The van der Waals surface area contributed by atoms with Crippen LogP contribution >= 0.6 is 11.9 Å². The van der Waals surface area contributed by atoms with Crippen LogP contribution in [0.4, 0.5) is 5.69 Å². The maximum Gasteiger partial charge on any atom is 0.150 e. The van der Waals surface area contributed by atoms with Crippen LogP contribution in [0.1, 0.15) is 70.7 Å². The van der Waals surface area contributed by atoms with E-state index < -0.39 is 0 Å². The number of nitrogens with two attached hydrogens (primary N) is 1. The average molecular weight is 567 g/mol. The molecule has 40 heavy (non-hydrogen) atoms. The molecule has 5 rings (SSSR count). The van der Waals surface area contributed by atoms with E-state index in [1.54, 1.807) is 20.3 Å². The van der Waals surface area contributed by atoms with Crippen molar-refractivity contribution in [3.8, 4) is 0 Å². The van der Waals surface area contributed by atoms with Gasteiger partial charge in [-0.3, -0.25) is 9.59 Å².